The second kappa shape index (κ2) is 8.39. The molecule has 4 aliphatic heterocycles. The molecular formula is C31H54N4O2. The smallest absolute Gasteiger partial charge is 0.185 e. The molecule has 0 aromatic carbocycles. The fourth-order valence-electron chi connectivity index (χ4n) is 8.38. The van der Waals surface area contributed by atoms with Crippen LogP contribution in [0.1, 0.15) is 109 Å². The van der Waals surface area contributed by atoms with Gasteiger partial charge in [0, 0.05) is 52.3 Å². The molecule has 37 heavy (non-hydrogen) atoms. The standard InChI is InChI=1S/C31H54N4O2/c1-19-23-21(28(8,9)34-27(19,6)7)14-15-31(37-23)24(36)22(29(10,11)35-30(31,12)13)18-32-20-16-25(2,3)33-26(4,5)17-20/h20,22,32-35H,1,14-18H2,2-13H3. The number of carbonyl (C=O) groups is 1. The fourth-order valence-corrected chi connectivity index (χ4v) is 8.38. The Morgan fingerprint density at radius 3 is 2.00 bits per heavy atom. The molecule has 2 saturated heterocycles. The Morgan fingerprint density at radius 2 is 1.43 bits per heavy atom. The van der Waals surface area contributed by atoms with Crippen LogP contribution in [0.2, 0.25) is 0 Å². The Hall–Kier alpha value is -1.21. The van der Waals surface area contributed by atoms with Crippen molar-refractivity contribution in [1.29, 1.82) is 0 Å². The van der Waals surface area contributed by atoms with Crippen molar-refractivity contribution >= 4 is 5.78 Å². The Kier molecular flexibility index (Phi) is 6.53. The maximum Gasteiger partial charge on any atom is 0.185 e. The van der Waals surface area contributed by atoms with Crippen LogP contribution in [0.15, 0.2) is 23.5 Å². The molecule has 0 aromatic rings. The van der Waals surface area contributed by atoms with Crippen LogP contribution < -0.4 is 21.3 Å². The third kappa shape index (κ3) is 4.85. The monoisotopic (exact) mass is 514 g/mol. The third-order valence-corrected chi connectivity index (χ3v) is 9.72. The van der Waals surface area contributed by atoms with Gasteiger partial charge in [-0.05, 0) is 108 Å². The molecule has 0 radical (unpaired) electrons. The summed E-state index contributed by atoms with van der Waals surface area (Å²) in [4.78, 5) is 14.7. The molecule has 0 saturated carbocycles. The van der Waals surface area contributed by atoms with Crippen molar-refractivity contribution in [2.75, 3.05) is 6.54 Å². The molecule has 210 valence electrons. The lowest BCUT2D eigenvalue weighted by Gasteiger charge is -2.60. The largest absolute Gasteiger partial charge is 0.477 e. The van der Waals surface area contributed by atoms with E-state index in [4.69, 9.17) is 4.74 Å². The average molecular weight is 515 g/mol. The molecule has 0 aliphatic carbocycles. The maximum absolute atomic E-state index is 14.7. The molecule has 4 aliphatic rings. The summed E-state index contributed by atoms with van der Waals surface area (Å²) < 4.78 is 7.00. The average Bonchev–Trinajstić information content (AvgIpc) is 2.66. The number of carbonyl (C=O) groups excluding carboxylic acids is 1. The van der Waals surface area contributed by atoms with Crippen molar-refractivity contribution in [3.05, 3.63) is 23.5 Å². The zero-order chi connectivity index (χ0) is 28.0. The van der Waals surface area contributed by atoms with Gasteiger partial charge in [0.05, 0.1) is 11.5 Å². The highest BCUT2D eigenvalue weighted by atomic mass is 16.5. The number of Topliss-reactive ketones (excluding diaryl/α,β-unsaturated/α-hetero) is 1. The molecule has 4 N–H and O–H groups in total. The van der Waals surface area contributed by atoms with E-state index in [9.17, 15) is 4.79 Å². The Morgan fingerprint density at radius 1 is 0.865 bits per heavy atom. The Bertz CT molecular complexity index is 1000. The van der Waals surface area contributed by atoms with Gasteiger partial charge in [-0.25, -0.2) is 0 Å². The van der Waals surface area contributed by atoms with Crippen molar-refractivity contribution in [3.8, 4) is 0 Å². The molecule has 4 heterocycles. The van der Waals surface area contributed by atoms with Crippen LogP contribution in [0.5, 0.6) is 0 Å². The van der Waals surface area contributed by atoms with Gasteiger partial charge in [0.2, 0.25) is 0 Å². The second-order valence-corrected chi connectivity index (χ2v) is 15.9. The van der Waals surface area contributed by atoms with E-state index in [-0.39, 0.29) is 39.4 Å². The lowest BCUT2D eigenvalue weighted by atomic mass is 9.61. The van der Waals surface area contributed by atoms with Crippen LogP contribution >= 0.6 is 0 Å². The van der Waals surface area contributed by atoms with Gasteiger partial charge in [-0.1, -0.05) is 6.58 Å². The van der Waals surface area contributed by atoms with Crippen molar-refractivity contribution < 1.29 is 9.53 Å². The number of piperidine rings is 2. The van der Waals surface area contributed by atoms with Gasteiger partial charge in [0.15, 0.2) is 11.4 Å². The highest BCUT2D eigenvalue weighted by molar-refractivity contribution is 5.94. The van der Waals surface area contributed by atoms with Crippen molar-refractivity contribution in [3.63, 3.8) is 0 Å². The summed E-state index contributed by atoms with van der Waals surface area (Å²) in [7, 11) is 0. The number of hydrogen-bond acceptors (Lipinski definition) is 6. The molecule has 2 atom stereocenters. The van der Waals surface area contributed by atoms with Crippen molar-refractivity contribution in [1.82, 2.24) is 21.3 Å². The van der Waals surface area contributed by atoms with Crippen LogP contribution in [0.25, 0.3) is 0 Å². The van der Waals surface area contributed by atoms with Crippen LogP contribution in [0.3, 0.4) is 0 Å². The van der Waals surface area contributed by atoms with Crippen LogP contribution in [-0.4, -0.2) is 57.2 Å². The minimum Gasteiger partial charge on any atom is -0.477 e. The van der Waals surface area contributed by atoms with Crippen LogP contribution in [0.4, 0.5) is 0 Å². The lowest BCUT2D eigenvalue weighted by molar-refractivity contribution is -0.172. The fraction of sp³-hybridized carbons (Fsp3) is 0.839. The highest BCUT2D eigenvalue weighted by Gasteiger charge is 2.65. The van der Waals surface area contributed by atoms with Gasteiger partial charge in [0.1, 0.15) is 5.76 Å². The molecule has 6 nitrogen and oxygen atoms in total. The summed E-state index contributed by atoms with van der Waals surface area (Å²) in [6, 6.07) is 0.355. The number of ketones is 1. The zero-order valence-corrected chi connectivity index (χ0v) is 25.7. The van der Waals surface area contributed by atoms with E-state index in [1.165, 1.54) is 5.57 Å². The van der Waals surface area contributed by atoms with Crippen LogP contribution in [-0.2, 0) is 9.53 Å². The third-order valence-electron chi connectivity index (χ3n) is 9.72. The highest BCUT2D eigenvalue weighted by Crippen LogP contribution is 2.52. The van der Waals surface area contributed by atoms with E-state index < -0.39 is 11.1 Å². The summed E-state index contributed by atoms with van der Waals surface area (Å²) >= 11 is 0. The van der Waals surface area contributed by atoms with E-state index in [1.807, 2.05) is 0 Å². The predicted octanol–water partition coefficient (Wildman–Crippen LogP) is 4.75. The Labute approximate surface area is 226 Å². The first kappa shape index (κ1) is 28.8. The van der Waals surface area contributed by atoms with Gasteiger partial charge in [-0.15, -0.1) is 0 Å². The molecule has 4 rings (SSSR count). The first-order chi connectivity index (χ1) is 16.5. The first-order valence-corrected chi connectivity index (χ1v) is 14.3. The van der Waals surface area contributed by atoms with E-state index in [2.05, 4.69) is 111 Å². The normalized spacial score (nSPS) is 35.7. The van der Waals surface area contributed by atoms with E-state index >= 15 is 0 Å². The summed E-state index contributed by atoms with van der Waals surface area (Å²) in [5, 5.41) is 15.2. The number of ether oxygens (including phenoxy) is 1. The Balaban J connectivity index is 1.65. The summed E-state index contributed by atoms with van der Waals surface area (Å²) in [6.07, 6.45) is 3.55. The molecule has 2 unspecified atom stereocenters. The van der Waals surface area contributed by atoms with Crippen molar-refractivity contribution in [2.45, 2.75) is 154 Å². The van der Waals surface area contributed by atoms with Gasteiger partial charge in [0.25, 0.3) is 0 Å². The van der Waals surface area contributed by atoms with Gasteiger partial charge >= 0.3 is 0 Å². The van der Waals surface area contributed by atoms with Gasteiger partial charge in [-0.2, -0.15) is 0 Å². The van der Waals surface area contributed by atoms with Crippen molar-refractivity contribution in [2.24, 2.45) is 5.92 Å². The van der Waals surface area contributed by atoms with E-state index in [1.54, 1.807) is 0 Å². The molecule has 0 amide bonds. The summed E-state index contributed by atoms with van der Waals surface area (Å²) in [5.41, 5.74) is -0.0924. The zero-order valence-electron chi connectivity index (χ0n) is 25.7. The predicted molar refractivity (Wildman–Crippen MR) is 153 cm³/mol. The second-order valence-electron chi connectivity index (χ2n) is 15.9. The molecule has 0 aromatic heterocycles. The number of nitrogens with one attached hydrogen (secondary N) is 4. The minimum atomic E-state index is -0.938. The summed E-state index contributed by atoms with van der Waals surface area (Å²) in [5.74, 6) is 0.853. The SMILES string of the molecule is C=C1C2=C(CCC3(O2)C(=O)C(CNC2CC(C)(C)NC(C)(C)C2)C(C)(C)NC3(C)C)C(C)(C)NC1(C)C. The van der Waals surface area contributed by atoms with E-state index in [0.717, 1.165) is 30.6 Å². The molecule has 1 spiro atoms. The van der Waals surface area contributed by atoms with Crippen LogP contribution in [0, 0.1) is 5.92 Å². The molecule has 0 bridgehead atoms. The van der Waals surface area contributed by atoms with E-state index in [0.29, 0.717) is 19.0 Å². The first-order valence-electron chi connectivity index (χ1n) is 14.3. The lowest BCUT2D eigenvalue weighted by Crippen LogP contribution is -2.79. The number of hydrogen-bond donors (Lipinski definition) is 4. The van der Waals surface area contributed by atoms with Gasteiger partial charge in [-0.3, -0.25) is 10.1 Å². The molecule has 2 fully saturated rings. The topological polar surface area (TPSA) is 74.4 Å². The molecular weight excluding hydrogens is 460 g/mol. The van der Waals surface area contributed by atoms with Gasteiger partial charge < -0.3 is 20.7 Å². The minimum absolute atomic E-state index is 0.0529. The summed E-state index contributed by atoms with van der Waals surface area (Å²) in [6.45, 7) is 31.5. The number of rotatable bonds is 3. The maximum atomic E-state index is 14.7. The molecule has 6 heteroatoms. The quantitative estimate of drug-likeness (QED) is 0.436.